The highest BCUT2D eigenvalue weighted by Gasteiger charge is 2.65. The Morgan fingerprint density at radius 3 is 2.80 bits per heavy atom. The van der Waals surface area contributed by atoms with Crippen LogP contribution >= 0.6 is 0 Å². The first-order valence-electron chi connectivity index (χ1n) is 9.71. The third-order valence-corrected chi connectivity index (χ3v) is 8.25. The van der Waals surface area contributed by atoms with Crippen molar-refractivity contribution in [2.24, 2.45) is 0 Å². The van der Waals surface area contributed by atoms with Crippen molar-refractivity contribution in [3.8, 4) is 5.75 Å². The predicted molar refractivity (Wildman–Crippen MR) is 109 cm³/mol. The Balaban J connectivity index is 1.51. The Morgan fingerprint density at radius 2 is 2.10 bits per heavy atom. The number of morpholine rings is 1. The summed E-state index contributed by atoms with van der Waals surface area (Å²) in [5.41, 5.74) is -0.426. The molecule has 1 aromatic rings. The fourth-order valence-electron chi connectivity index (χ4n) is 4.44. The van der Waals surface area contributed by atoms with Crippen LogP contribution in [0.15, 0.2) is 24.3 Å². The number of sulfonamides is 1. The highest BCUT2D eigenvalue weighted by atomic mass is 32.2. The molecule has 3 saturated heterocycles. The van der Waals surface area contributed by atoms with Gasteiger partial charge in [0.25, 0.3) is 0 Å². The summed E-state index contributed by atoms with van der Waals surface area (Å²) in [6.07, 6.45) is -0.0286. The van der Waals surface area contributed by atoms with Gasteiger partial charge in [-0.3, -0.25) is 4.79 Å². The summed E-state index contributed by atoms with van der Waals surface area (Å²) in [7, 11) is 1.03. The summed E-state index contributed by atoms with van der Waals surface area (Å²) < 4.78 is 38.6. The van der Waals surface area contributed by atoms with Crippen LogP contribution in [-0.2, 0) is 19.6 Å². The number of likely N-dealkylation sites (N-methyl/N-ethyl adjacent to an activating group) is 1. The van der Waals surface area contributed by atoms with E-state index in [0.717, 1.165) is 0 Å². The molecular weight excluding hydrogens is 412 g/mol. The van der Waals surface area contributed by atoms with Gasteiger partial charge in [-0.1, -0.05) is 6.07 Å². The van der Waals surface area contributed by atoms with Gasteiger partial charge in [0.2, 0.25) is 15.9 Å². The zero-order chi connectivity index (χ0) is 21.7. The number of benzene rings is 1. The number of fused-ring (bicyclic) bond motifs is 1. The summed E-state index contributed by atoms with van der Waals surface area (Å²) in [4.78, 5) is 27.9. The lowest BCUT2D eigenvalue weighted by molar-refractivity contribution is -0.130. The molecule has 0 aromatic heterocycles. The van der Waals surface area contributed by atoms with E-state index in [1.807, 2.05) is 0 Å². The summed E-state index contributed by atoms with van der Waals surface area (Å²) in [6, 6.07) is 6.70. The number of anilines is 1. The van der Waals surface area contributed by atoms with Crippen molar-refractivity contribution in [1.29, 1.82) is 0 Å². The minimum absolute atomic E-state index is 0.0685. The standard InChI is InChI=1S/C19H26N4O6S/c1-21(2)17(24)10-23-12-19-11-22(9-15(29-19)8-16(19)30(23,26)27)18(25)20-13-5-4-6-14(7-13)28-3/h4-7,15-16H,8-12H2,1-3H3,(H,20,25)/t15-,16+,19+/m1/s1. The van der Waals surface area contributed by atoms with Crippen molar-refractivity contribution in [2.75, 3.05) is 52.7 Å². The second-order valence-corrected chi connectivity index (χ2v) is 10.3. The van der Waals surface area contributed by atoms with E-state index < -0.39 is 20.9 Å². The third kappa shape index (κ3) is 3.50. The molecule has 0 unspecified atom stereocenters. The number of ether oxygens (including phenoxy) is 2. The van der Waals surface area contributed by atoms with Gasteiger partial charge in [0.05, 0.1) is 26.3 Å². The molecule has 3 atom stereocenters. The quantitative estimate of drug-likeness (QED) is 0.718. The largest absolute Gasteiger partial charge is 0.497 e. The van der Waals surface area contributed by atoms with Gasteiger partial charge in [-0.25, -0.2) is 13.2 Å². The number of carbonyl (C=O) groups is 2. The van der Waals surface area contributed by atoms with E-state index in [2.05, 4.69) is 5.32 Å². The minimum atomic E-state index is -3.69. The summed E-state index contributed by atoms with van der Waals surface area (Å²) >= 11 is 0. The van der Waals surface area contributed by atoms with Crippen molar-refractivity contribution < 1.29 is 27.5 Å². The molecule has 3 aliphatic heterocycles. The van der Waals surface area contributed by atoms with Gasteiger partial charge in [-0.2, -0.15) is 4.31 Å². The second-order valence-electron chi connectivity index (χ2n) is 8.17. The fourth-order valence-corrected chi connectivity index (χ4v) is 6.69. The highest BCUT2D eigenvalue weighted by Crippen LogP contribution is 2.46. The van der Waals surface area contributed by atoms with Gasteiger partial charge < -0.3 is 24.6 Å². The first kappa shape index (κ1) is 20.9. The van der Waals surface area contributed by atoms with Crippen molar-refractivity contribution in [2.45, 2.75) is 23.4 Å². The number of hydrogen-bond donors (Lipinski definition) is 1. The first-order valence-corrected chi connectivity index (χ1v) is 11.2. The molecule has 3 heterocycles. The predicted octanol–water partition coefficient (Wildman–Crippen LogP) is 0.173. The molecule has 0 saturated carbocycles. The van der Waals surface area contributed by atoms with Crippen LogP contribution in [0, 0.1) is 0 Å². The van der Waals surface area contributed by atoms with E-state index >= 15 is 0 Å². The Labute approximate surface area is 175 Å². The number of nitrogens with zero attached hydrogens (tertiary/aromatic N) is 3. The molecule has 3 fully saturated rings. The van der Waals surface area contributed by atoms with Crippen LogP contribution in [0.25, 0.3) is 0 Å². The molecule has 30 heavy (non-hydrogen) atoms. The van der Waals surface area contributed by atoms with E-state index in [1.165, 1.54) is 9.21 Å². The monoisotopic (exact) mass is 438 g/mol. The zero-order valence-corrected chi connectivity index (χ0v) is 18.0. The molecule has 3 aliphatic rings. The normalized spacial score (nSPS) is 29.4. The van der Waals surface area contributed by atoms with Gasteiger partial charge in [-0.15, -0.1) is 0 Å². The lowest BCUT2D eigenvalue weighted by Crippen LogP contribution is -2.57. The second kappa shape index (κ2) is 7.40. The number of likely N-dealkylation sites (tertiary alicyclic amines) is 1. The van der Waals surface area contributed by atoms with Crippen molar-refractivity contribution in [3.05, 3.63) is 24.3 Å². The molecule has 10 nitrogen and oxygen atoms in total. The molecule has 2 bridgehead atoms. The molecular formula is C19H26N4O6S. The third-order valence-electron chi connectivity index (χ3n) is 5.93. The average Bonchev–Trinajstić information content (AvgIpc) is 3.06. The van der Waals surface area contributed by atoms with Crippen LogP contribution in [0.4, 0.5) is 10.5 Å². The van der Waals surface area contributed by atoms with Gasteiger partial charge in [0.15, 0.2) is 0 Å². The zero-order valence-electron chi connectivity index (χ0n) is 17.2. The van der Waals surface area contributed by atoms with E-state index in [4.69, 9.17) is 9.47 Å². The number of methoxy groups -OCH3 is 1. The van der Waals surface area contributed by atoms with E-state index in [0.29, 0.717) is 24.4 Å². The molecule has 1 aromatic carbocycles. The maximum Gasteiger partial charge on any atom is 0.322 e. The fraction of sp³-hybridized carbons (Fsp3) is 0.579. The average molecular weight is 439 g/mol. The van der Waals surface area contributed by atoms with Gasteiger partial charge >= 0.3 is 6.03 Å². The lowest BCUT2D eigenvalue weighted by Gasteiger charge is -2.39. The molecule has 0 radical (unpaired) electrons. The van der Waals surface area contributed by atoms with Gasteiger partial charge in [-0.05, 0) is 18.6 Å². The smallest absolute Gasteiger partial charge is 0.322 e. The summed E-state index contributed by atoms with van der Waals surface area (Å²) in [6.45, 7) is 0.312. The van der Waals surface area contributed by atoms with Crippen molar-refractivity contribution >= 4 is 27.6 Å². The van der Waals surface area contributed by atoms with Crippen LogP contribution in [0.3, 0.4) is 0 Å². The lowest BCUT2D eigenvalue weighted by atomic mass is 9.99. The van der Waals surface area contributed by atoms with Crippen LogP contribution in [-0.4, -0.2) is 98.8 Å². The number of nitrogens with one attached hydrogen (secondary N) is 1. The minimum Gasteiger partial charge on any atom is -0.497 e. The van der Waals surface area contributed by atoms with E-state index in [-0.39, 0.29) is 37.7 Å². The van der Waals surface area contributed by atoms with Gasteiger partial charge in [0.1, 0.15) is 16.6 Å². The number of carbonyl (C=O) groups excluding carboxylic acids is 2. The summed E-state index contributed by atoms with van der Waals surface area (Å²) in [5, 5.41) is 2.09. The Kier molecular flexibility index (Phi) is 5.15. The highest BCUT2D eigenvalue weighted by molar-refractivity contribution is 7.90. The molecule has 1 N–H and O–H groups in total. The van der Waals surface area contributed by atoms with Gasteiger partial charge in [0, 0.05) is 38.9 Å². The first-order chi connectivity index (χ1) is 14.1. The van der Waals surface area contributed by atoms with Crippen LogP contribution in [0.5, 0.6) is 5.75 Å². The molecule has 4 rings (SSSR count). The van der Waals surface area contributed by atoms with E-state index in [9.17, 15) is 18.0 Å². The van der Waals surface area contributed by atoms with E-state index in [1.54, 1.807) is 50.4 Å². The van der Waals surface area contributed by atoms with Crippen molar-refractivity contribution in [3.63, 3.8) is 0 Å². The maximum atomic E-state index is 13.1. The SMILES string of the molecule is COc1cccc(NC(=O)N2C[C@H]3C[C@H]4[C@](C2)(CN(CC(=O)N(C)C)S4(=O)=O)O3)c1. The van der Waals surface area contributed by atoms with Crippen LogP contribution < -0.4 is 10.1 Å². The Bertz CT molecular complexity index is 968. The molecule has 3 amide bonds. The molecule has 1 spiro atoms. The summed E-state index contributed by atoms with van der Waals surface area (Å²) in [5.74, 6) is 0.325. The number of rotatable bonds is 4. The van der Waals surface area contributed by atoms with Crippen LogP contribution in [0.1, 0.15) is 6.42 Å². The number of urea groups is 1. The van der Waals surface area contributed by atoms with Crippen molar-refractivity contribution in [1.82, 2.24) is 14.1 Å². The maximum absolute atomic E-state index is 13.1. The number of hydrogen-bond acceptors (Lipinski definition) is 6. The molecule has 11 heteroatoms. The topological polar surface area (TPSA) is 108 Å². The molecule has 164 valence electrons. The Morgan fingerprint density at radius 1 is 1.33 bits per heavy atom. The molecule has 0 aliphatic carbocycles. The number of amides is 3. The Hall–Kier alpha value is -2.37. The van der Waals surface area contributed by atoms with Crippen LogP contribution in [0.2, 0.25) is 0 Å².